The molecular weight excluding hydrogens is 397 g/mol. The van der Waals surface area contributed by atoms with Crippen molar-refractivity contribution in [2.75, 3.05) is 5.32 Å². The second-order valence-electron chi connectivity index (χ2n) is 6.48. The quantitative estimate of drug-likeness (QED) is 0.623. The summed E-state index contributed by atoms with van der Waals surface area (Å²) in [6.45, 7) is 0.0451. The van der Waals surface area contributed by atoms with E-state index in [2.05, 4.69) is 15.3 Å². The third-order valence-corrected chi connectivity index (χ3v) is 4.26. The van der Waals surface area contributed by atoms with Crippen LogP contribution >= 0.6 is 11.6 Å². The van der Waals surface area contributed by atoms with Crippen molar-refractivity contribution in [2.24, 2.45) is 0 Å². The first-order valence-electron chi connectivity index (χ1n) is 8.22. The number of carbonyl (C=O) groups is 1. The Morgan fingerprint density at radius 2 is 1.86 bits per heavy atom. The van der Waals surface area contributed by atoms with Gasteiger partial charge in [-0.15, -0.1) is 0 Å². The van der Waals surface area contributed by atoms with E-state index in [9.17, 15) is 23.1 Å². The minimum atomic E-state index is -4.56. The summed E-state index contributed by atoms with van der Waals surface area (Å²) < 4.78 is 39.7. The van der Waals surface area contributed by atoms with Gasteiger partial charge in [0.25, 0.3) is 0 Å². The fourth-order valence-electron chi connectivity index (χ4n) is 2.78. The van der Waals surface area contributed by atoms with Crippen LogP contribution in [0.5, 0.6) is 0 Å². The van der Waals surface area contributed by atoms with Gasteiger partial charge in [-0.2, -0.15) is 13.2 Å². The molecule has 1 unspecified atom stereocenters. The molecule has 6 nitrogen and oxygen atoms in total. The molecule has 28 heavy (non-hydrogen) atoms. The monoisotopic (exact) mass is 412 g/mol. The predicted molar refractivity (Wildman–Crippen MR) is 97.9 cm³/mol. The summed E-state index contributed by atoms with van der Waals surface area (Å²) in [7, 11) is 0. The van der Waals surface area contributed by atoms with Gasteiger partial charge in [0.05, 0.1) is 12.0 Å². The number of nitrogens with one attached hydrogen (secondary N) is 1. The Labute approximate surface area is 163 Å². The molecule has 2 N–H and O–H groups in total. The third kappa shape index (κ3) is 4.60. The van der Waals surface area contributed by atoms with Gasteiger partial charge in [0, 0.05) is 0 Å². The first kappa shape index (κ1) is 20.1. The van der Waals surface area contributed by atoms with Crippen molar-refractivity contribution in [2.45, 2.75) is 31.7 Å². The molecule has 1 aromatic carbocycles. The van der Waals surface area contributed by atoms with Crippen LogP contribution in [-0.2, 0) is 16.9 Å². The van der Waals surface area contributed by atoms with Crippen molar-refractivity contribution in [1.29, 1.82) is 0 Å². The molecule has 1 atom stereocenters. The van der Waals surface area contributed by atoms with Crippen LogP contribution in [-0.4, -0.2) is 31.7 Å². The molecule has 0 aliphatic heterocycles. The van der Waals surface area contributed by atoms with Gasteiger partial charge in [-0.25, -0.2) is 9.97 Å². The number of alkyl halides is 3. The lowest BCUT2D eigenvalue weighted by Crippen LogP contribution is -2.29. The normalized spacial score (nSPS) is 14.1. The molecule has 2 heterocycles. The van der Waals surface area contributed by atoms with E-state index in [0.717, 1.165) is 4.57 Å². The number of aliphatic hydroxyl groups is 1. The van der Waals surface area contributed by atoms with Crippen LogP contribution < -0.4 is 5.32 Å². The first-order valence-corrected chi connectivity index (χ1v) is 8.60. The van der Waals surface area contributed by atoms with Crippen LogP contribution in [0.4, 0.5) is 19.1 Å². The van der Waals surface area contributed by atoms with Gasteiger partial charge in [0.15, 0.2) is 5.65 Å². The van der Waals surface area contributed by atoms with Crippen molar-refractivity contribution >= 4 is 34.6 Å². The molecule has 0 aliphatic rings. The topological polar surface area (TPSA) is 80.0 Å². The SMILES string of the molecule is CC(O)(CC(=O)Nc1nc2ccc(Cl)nc2n1CC(F)(F)F)c1ccccc1. The van der Waals surface area contributed by atoms with E-state index in [4.69, 9.17) is 11.6 Å². The highest BCUT2D eigenvalue weighted by Crippen LogP contribution is 2.28. The largest absolute Gasteiger partial charge is 0.406 e. The van der Waals surface area contributed by atoms with Gasteiger partial charge in [0.1, 0.15) is 17.2 Å². The molecule has 0 spiro atoms. The van der Waals surface area contributed by atoms with E-state index in [1.165, 1.54) is 19.1 Å². The summed E-state index contributed by atoms with van der Waals surface area (Å²) in [5.41, 5.74) is -0.954. The second kappa shape index (κ2) is 7.40. The number of amides is 1. The Morgan fingerprint density at radius 1 is 1.18 bits per heavy atom. The maximum atomic E-state index is 13.0. The maximum Gasteiger partial charge on any atom is 0.406 e. The highest BCUT2D eigenvalue weighted by atomic mass is 35.5. The van der Waals surface area contributed by atoms with Crippen molar-refractivity contribution in [3.8, 4) is 0 Å². The summed E-state index contributed by atoms with van der Waals surface area (Å²) >= 11 is 5.78. The van der Waals surface area contributed by atoms with Gasteiger partial charge < -0.3 is 5.11 Å². The van der Waals surface area contributed by atoms with Crippen molar-refractivity contribution in [1.82, 2.24) is 14.5 Å². The molecule has 0 fully saturated rings. The average Bonchev–Trinajstić information content (AvgIpc) is 2.90. The number of aromatic nitrogens is 3. The zero-order valence-corrected chi connectivity index (χ0v) is 15.4. The molecule has 0 radical (unpaired) electrons. The number of benzene rings is 1. The second-order valence-corrected chi connectivity index (χ2v) is 6.87. The molecule has 3 aromatic rings. The molecule has 10 heteroatoms. The smallest absolute Gasteiger partial charge is 0.385 e. The van der Waals surface area contributed by atoms with Crippen molar-refractivity contribution < 1.29 is 23.1 Å². The number of hydrogen-bond acceptors (Lipinski definition) is 4. The molecular formula is C18H16ClF3N4O2. The van der Waals surface area contributed by atoms with E-state index >= 15 is 0 Å². The van der Waals surface area contributed by atoms with Crippen LogP contribution in [0.3, 0.4) is 0 Å². The number of fused-ring (bicyclic) bond motifs is 1. The molecule has 0 saturated heterocycles. The number of pyridine rings is 1. The van der Waals surface area contributed by atoms with Crippen molar-refractivity contribution in [3.05, 3.63) is 53.2 Å². The van der Waals surface area contributed by atoms with E-state index in [1.807, 2.05) is 0 Å². The summed E-state index contributed by atoms with van der Waals surface area (Å²) in [4.78, 5) is 20.3. The molecule has 3 rings (SSSR count). The lowest BCUT2D eigenvalue weighted by Gasteiger charge is -2.23. The van der Waals surface area contributed by atoms with Crippen LogP contribution in [0, 0.1) is 0 Å². The lowest BCUT2D eigenvalue weighted by molar-refractivity contribution is -0.140. The lowest BCUT2D eigenvalue weighted by atomic mass is 9.92. The first-order chi connectivity index (χ1) is 13.0. The van der Waals surface area contributed by atoms with Gasteiger partial charge >= 0.3 is 6.18 Å². The van der Waals surface area contributed by atoms with Crippen LogP contribution in [0.25, 0.3) is 11.2 Å². The van der Waals surface area contributed by atoms with E-state index in [-0.39, 0.29) is 28.7 Å². The Balaban J connectivity index is 1.89. The Morgan fingerprint density at radius 3 is 2.50 bits per heavy atom. The highest BCUT2D eigenvalue weighted by molar-refractivity contribution is 6.29. The molecule has 148 valence electrons. The number of imidazole rings is 1. The Kier molecular flexibility index (Phi) is 5.31. The van der Waals surface area contributed by atoms with Crippen LogP contribution in [0.2, 0.25) is 5.15 Å². The summed E-state index contributed by atoms with van der Waals surface area (Å²) in [5, 5.41) is 12.9. The summed E-state index contributed by atoms with van der Waals surface area (Å²) in [6, 6.07) is 11.3. The van der Waals surface area contributed by atoms with E-state index in [1.54, 1.807) is 30.3 Å². The third-order valence-electron chi connectivity index (χ3n) is 4.05. The number of hydrogen-bond donors (Lipinski definition) is 2. The minimum Gasteiger partial charge on any atom is -0.385 e. The fraction of sp³-hybridized carbons (Fsp3) is 0.278. The molecule has 0 bridgehead atoms. The number of carbonyl (C=O) groups excluding carboxylic acids is 1. The summed E-state index contributed by atoms with van der Waals surface area (Å²) in [6.07, 6.45) is -4.94. The molecule has 2 aromatic heterocycles. The number of anilines is 1. The molecule has 0 saturated carbocycles. The maximum absolute atomic E-state index is 13.0. The van der Waals surface area contributed by atoms with Crippen LogP contribution in [0.15, 0.2) is 42.5 Å². The van der Waals surface area contributed by atoms with E-state index < -0.39 is 24.2 Å². The van der Waals surface area contributed by atoms with E-state index in [0.29, 0.717) is 5.56 Å². The Bertz CT molecular complexity index is 1000. The highest BCUT2D eigenvalue weighted by Gasteiger charge is 2.32. The van der Waals surface area contributed by atoms with Gasteiger partial charge in [0.2, 0.25) is 11.9 Å². The zero-order valence-electron chi connectivity index (χ0n) is 14.7. The predicted octanol–water partition coefficient (Wildman–Crippen LogP) is 3.88. The van der Waals surface area contributed by atoms with Gasteiger partial charge in [-0.05, 0) is 24.6 Å². The number of halogens is 4. The number of rotatable bonds is 5. The number of nitrogens with zero attached hydrogens (tertiary/aromatic N) is 3. The standard InChI is InChI=1S/C18H16ClF3N4O2/c1-17(28,11-5-3-2-4-6-11)9-14(27)25-16-23-12-7-8-13(19)24-15(12)26(16)10-18(20,21)22/h2-8,28H,9-10H2,1H3,(H,23,25,27). The van der Waals surface area contributed by atoms with Crippen molar-refractivity contribution in [3.63, 3.8) is 0 Å². The fourth-order valence-corrected chi connectivity index (χ4v) is 2.93. The molecule has 0 aliphatic carbocycles. The van der Waals surface area contributed by atoms with Crippen LogP contribution in [0.1, 0.15) is 18.9 Å². The summed E-state index contributed by atoms with van der Waals surface area (Å²) in [5.74, 6) is -1.02. The Hall–Kier alpha value is -2.65. The minimum absolute atomic E-state index is 0.000659. The zero-order chi connectivity index (χ0) is 20.5. The average molecular weight is 413 g/mol. The molecule has 1 amide bonds. The van der Waals surface area contributed by atoms with Gasteiger partial charge in [-0.1, -0.05) is 41.9 Å². The van der Waals surface area contributed by atoms with Gasteiger partial charge in [-0.3, -0.25) is 14.7 Å².